The molecule has 2 heteroatoms. The van der Waals surface area contributed by atoms with Gasteiger partial charge >= 0.3 is 0 Å². The Balaban J connectivity index is 2.92. The van der Waals surface area contributed by atoms with Crippen molar-refractivity contribution in [3.05, 3.63) is 0 Å². The summed E-state index contributed by atoms with van der Waals surface area (Å²) in [6, 6.07) is 0. The molecular formula is C6H14O2. The van der Waals surface area contributed by atoms with Crippen LogP contribution in [-0.4, -0.2) is 27.4 Å². The number of rotatable bonds is 4. The minimum atomic E-state index is 0.519. The van der Waals surface area contributed by atoms with Crippen molar-refractivity contribution in [1.82, 2.24) is 0 Å². The van der Waals surface area contributed by atoms with E-state index in [4.69, 9.17) is 9.47 Å². The van der Waals surface area contributed by atoms with Crippen LogP contribution in [-0.2, 0) is 9.47 Å². The Morgan fingerprint density at radius 1 is 1.12 bits per heavy atom. The molecule has 0 saturated heterocycles. The van der Waals surface area contributed by atoms with Crippen molar-refractivity contribution in [3.8, 4) is 0 Å². The predicted octanol–water partition coefficient (Wildman–Crippen LogP) is 0.915. The first kappa shape index (κ1) is 7.92. The van der Waals surface area contributed by atoms with Crippen molar-refractivity contribution in [1.29, 1.82) is 0 Å². The number of methoxy groups -OCH3 is 2. The van der Waals surface area contributed by atoms with Crippen molar-refractivity contribution >= 4 is 0 Å². The zero-order chi connectivity index (χ0) is 6.41. The van der Waals surface area contributed by atoms with Gasteiger partial charge < -0.3 is 9.47 Å². The van der Waals surface area contributed by atoms with E-state index in [2.05, 4.69) is 6.92 Å². The van der Waals surface area contributed by atoms with E-state index in [0.717, 1.165) is 13.2 Å². The molecule has 0 radical (unpaired) electrons. The molecule has 0 spiro atoms. The molecule has 0 bridgehead atoms. The van der Waals surface area contributed by atoms with Crippen LogP contribution in [0.1, 0.15) is 6.92 Å². The van der Waals surface area contributed by atoms with E-state index in [1.165, 1.54) is 0 Å². The molecule has 0 heterocycles. The second-order valence-corrected chi connectivity index (χ2v) is 2.02. The fourth-order valence-electron chi connectivity index (χ4n) is 0.617. The summed E-state index contributed by atoms with van der Waals surface area (Å²) in [5.41, 5.74) is 0. The summed E-state index contributed by atoms with van der Waals surface area (Å²) >= 11 is 0. The maximum atomic E-state index is 4.88. The molecule has 0 aromatic heterocycles. The third-order valence-electron chi connectivity index (χ3n) is 0.902. The Bertz CT molecular complexity index is 39.8. The highest BCUT2D eigenvalue weighted by Crippen LogP contribution is 1.93. The van der Waals surface area contributed by atoms with Crippen LogP contribution in [0, 0.1) is 5.92 Å². The van der Waals surface area contributed by atoms with Crippen LogP contribution in [0.4, 0.5) is 0 Å². The van der Waals surface area contributed by atoms with Gasteiger partial charge in [0, 0.05) is 20.1 Å². The highest BCUT2D eigenvalue weighted by Gasteiger charge is 1.97. The fraction of sp³-hybridized carbons (Fsp3) is 1.00. The fourth-order valence-corrected chi connectivity index (χ4v) is 0.617. The van der Waals surface area contributed by atoms with Crippen molar-refractivity contribution in [2.75, 3.05) is 27.4 Å². The quantitative estimate of drug-likeness (QED) is 0.546. The molecule has 0 aromatic carbocycles. The van der Waals surface area contributed by atoms with E-state index < -0.39 is 0 Å². The van der Waals surface area contributed by atoms with Gasteiger partial charge in [-0.25, -0.2) is 0 Å². The zero-order valence-electron chi connectivity index (χ0n) is 5.81. The van der Waals surface area contributed by atoms with E-state index >= 15 is 0 Å². The highest BCUT2D eigenvalue weighted by molar-refractivity contribution is 4.45. The molecule has 0 unspecified atom stereocenters. The number of hydrogen-bond acceptors (Lipinski definition) is 2. The van der Waals surface area contributed by atoms with Crippen LogP contribution in [0.25, 0.3) is 0 Å². The number of ether oxygens (including phenoxy) is 2. The summed E-state index contributed by atoms with van der Waals surface area (Å²) in [5.74, 6) is 0.519. The van der Waals surface area contributed by atoms with Crippen LogP contribution in [0.2, 0.25) is 0 Å². The molecule has 50 valence electrons. The van der Waals surface area contributed by atoms with Gasteiger partial charge in [0.05, 0.1) is 13.2 Å². The van der Waals surface area contributed by atoms with Gasteiger partial charge in [-0.3, -0.25) is 0 Å². The smallest absolute Gasteiger partial charge is 0.0509 e. The molecule has 8 heavy (non-hydrogen) atoms. The molecule has 2 nitrogen and oxygen atoms in total. The molecule has 0 saturated carbocycles. The van der Waals surface area contributed by atoms with Gasteiger partial charge in [-0.1, -0.05) is 6.92 Å². The summed E-state index contributed by atoms with van der Waals surface area (Å²) in [6.07, 6.45) is 0. The molecular weight excluding hydrogens is 104 g/mol. The minimum absolute atomic E-state index is 0.519. The monoisotopic (exact) mass is 118 g/mol. The standard InChI is InChI=1S/C6H14O2/c1-6(4-7-2)5-8-3/h6H,4-5H2,1-3H3. The average molecular weight is 118 g/mol. The second-order valence-electron chi connectivity index (χ2n) is 2.02. The Labute approximate surface area is 50.8 Å². The van der Waals surface area contributed by atoms with Crippen molar-refractivity contribution in [2.45, 2.75) is 6.92 Å². The lowest BCUT2D eigenvalue weighted by Crippen LogP contribution is -2.09. The summed E-state index contributed by atoms with van der Waals surface area (Å²) in [6.45, 7) is 3.66. The number of hydrogen-bond donors (Lipinski definition) is 0. The molecule has 0 aliphatic carbocycles. The maximum Gasteiger partial charge on any atom is 0.0509 e. The van der Waals surface area contributed by atoms with Gasteiger partial charge in [0.25, 0.3) is 0 Å². The van der Waals surface area contributed by atoms with E-state index in [9.17, 15) is 0 Å². The Morgan fingerprint density at radius 2 is 1.50 bits per heavy atom. The first-order valence-corrected chi connectivity index (χ1v) is 2.79. The van der Waals surface area contributed by atoms with Gasteiger partial charge in [-0.15, -0.1) is 0 Å². The molecule has 0 rings (SSSR count). The lowest BCUT2D eigenvalue weighted by Gasteiger charge is -2.06. The molecule has 0 aliphatic heterocycles. The Hall–Kier alpha value is -0.0800. The van der Waals surface area contributed by atoms with Crippen molar-refractivity contribution < 1.29 is 9.47 Å². The largest absolute Gasteiger partial charge is 0.384 e. The molecule has 0 aromatic rings. The van der Waals surface area contributed by atoms with Crippen molar-refractivity contribution in [3.63, 3.8) is 0 Å². The average Bonchev–Trinajstić information content (AvgIpc) is 1.68. The van der Waals surface area contributed by atoms with Gasteiger partial charge in [0.15, 0.2) is 0 Å². The lowest BCUT2D eigenvalue weighted by molar-refractivity contribution is 0.0933. The summed E-state index contributed by atoms with van der Waals surface area (Å²) in [4.78, 5) is 0. The Morgan fingerprint density at radius 3 is 1.75 bits per heavy atom. The van der Waals surface area contributed by atoms with Gasteiger partial charge in [0.1, 0.15) is 0 Å². The first-order chi connectivity index (χ1) is 3.81. The molecule has 0 N–H and O–H groups in total. The Kier molecular flexibility index (Phi) is 5.01. The van der Waals surface area contributed by atoms with E-state index in [0.29, 0.717) is 5.92 Å². The van der Waals surface area contributed by atoms with Gasteiger partial charge in [0.2, 0.25) is 0 Å². The van der Waals surface area contributed by atoms with Crippen LogP contribution in [0.15, 0.2) is 0 Å². The lowest BCUT2D eigenvalue weighted by atomic mass is 10.2. The molecule has 0 fully saturated rings. The van der Waals surface area contributed by atoms with Crippen LogP contribution >= 0.6 is 0 Å². The topological polar surface area (TPSA) is 18.5 Å². The van der Waals surface area contributed by atoms with E-state index in [-0.39, 0.29) is 0 Å². The van der Waals surface area contributed by atoms with Crippen LogP contribution in [0.3, 0.4) is 0 Å². The molecule has 0 atom stereocenters. The van der Waals surface area contributed by atoms with E-state index in [1.807, 2.05) is 0 Å². The summed E-state index contributed by atoms with van der Waals surface area (Å²) in [7, 11) is 3.40. The molecule has 0 aliphatic rings. The van der Waals surface area contributed by atoms with Crippen LogP contribution < -0.4 is 0 Å². The summed E-state index contributed by atoms with van der Waals surface area (Å²) < 4.78 is 9.75. The minimum Gasteiger partial charge on any atom is -0.384 e. The normalized spacial score (nSPS) is 10.5. The van der Waals surface area contributed by atoms with Gasteiger partial charge in [-0.2, -0.15) is 0 Å². The third kappa shape index (κ3) is 4.09. The van der Waals surface area contributed by atoms with Gasteiger partial charge in [-0.05, 0) is 0 Å². The maximum absolute atomic E-state index is 4.88. The SMILES string of the molecule is COCC(C)COC. The highest BCUT2D eigenvalue weighted by atomic mass is 16.5. The summed E-state index contributed by atoms with van der Waals surface area (Å²) in [5, 5.41) is 0. The predicted molar refractivity (Wildman–Crippen MR) is 32.9 cm³/mol. The van der Waals surface area contributed by atoms with E-state index in [1.54, 1.807) is 14.2 Å². The second kappa shape index (κ2) is 5.06. The van der Waals surface area contributed by atoms with Crippen molar-refractivity contribution in [2.24, 2.45) is 5.92 Å². The van der Waals surface area contributed by atoms with Crippen LogP contribution in [0.5, 0.6) is 0 Å². The first-order valence-electron chi connectivity index (χ1n) is 2.79. The zero-order valence-corrected chi connectivity index (χ0v) is 5.81. The third-order valence-corrected chi connectivity index (χ3v) is 0.902. The molecule has 0 amide bonds.